The Balaban J connectivity index is 3.15. The third-order valence-electron chi connectivity index (χ3n) is 1.70. The van der Waals surface area contributed by atoms with Gasteiger partial charge in [-0.1, -0.05) is 23.7 Å². The summed E-state index contributed by atoms with van der Waals surface area (Å²) in [4.78, 5) is 11.2. The van der Waals surface area contributed by atoms with Crippen LogP contribution in [0.25, 0.3) is 0 Å². The Morgan fingerprint density at radius 3 is 2.85 bits per heavy atom. The predicted molar refractivity (Wildman–Crippen MR) is 50.7 cm³/mol. The molecule has 0 unspecified atom stereocenters. The maximum atomic E-state index is 11.2. The van der Waals surface area contributed by atoms with E-state index in [0.29, 0.717) is 17.1 Å². The highest BCUT2D eigenvalue weighted by Gasteiger charge is 2.12. The van der Waals surface area contributed by atoms with Crippen LogP contribution in [-0.2, 0) is 11.3 Å². The van der Waals surface area contributed by atoms with Crippen molar-refractivity contribution in [3.63, 3.8) is 0 Å². The predicted octanol–water partition coefficient (Wildman–Crippen LogP) is 1.59. The van der Waals surface area contributed by atoms with Crippen molar-refractivity contribution in [3.8, 4) is 0 Å². The monoisotopic (exact) mass is 199 g/mol. The molecule has 2 N–H and O–H groups in total. The number of hydrogen-bond donors (Lipinski definition) is 1. The van der Waals surface area contributed by atoms with Gasteiger partial charge < -0.3 is 10.5 Å². The lowest BCUT2D eigenvalue weighted by atomic mass is 10.1. The summed E-state index contributed by atoms with van der Waals surface area (Å²) >= 11 is 5.90. The fourth-order valence-electron chi connectivity index (χ4n) is 1.01. The van der Waals surface area contributed by atoms with Crippen LogP contribution in [0.2, 0.25) is 5.02 Å². The molecule has 0 bridgehead atoms. The zero-order chi connectivity index (χ0) is 9.84. The summed E-state index contributed by atoms with van der Waals surface area (Å²) in [5, 5.41) is 0.372. The molecule has 0 saturated heterocycles. The molecule has 1 aromatic rings. The molecule has 3 nitrogen and oxygen atoms in total. The number of methoxy groups -OCH3 is 1. The lowest BCUT2D eigenvalue weighted by Crippen LogP contribution is -2.05. The average Bonchev–Trinajstić information content (AvgIpc) is 2.17. The first kappa shape index (κ1) is 10.0. The molecule has 0 spiro atoms. The molecular formula is C9H10ClNO2. The van der Waals surface area contributed by atoms with Crippen LogP contribution in [-0.4, -0.2) is 13.1 Å². The van der Waals surface area contributed by atoms with Gasteiger partial charge in [0.1, 0.15) is 0 Å². The first-order valence-electron chi connectivity index (χ1n) is 3.76. The summed E-state index contributed by atoms with van der Waals surface area (Å²) in [6.45, 7) is 0.309. The van der Waals surface area contributed by atoms with Crippen LogP contribution in [0.4, 0.5) is 0 Å². The van der Waals surface area contributed by atoms with Gasteiger partial charge >= 0.3 is 5.97 Å². The smallest absolute Gasteiger partial charge is 0.339 e. The number of rotatable bonds is 2. The molecule has 0 atom stereocenters. The Bertz CT molecular complexity index is 325. The molecular weight excluding hydrogens is 190 g/mol. The van der Waals surface area contributed by atoms with Gasteiger partial charge in [-0.2, -0.15) is 0 Å². The zero-order valence-corrected chi connectivity index (χ0v) is 7.97. The van der Waals surface area contributed by atoms with Crippen LogP contribution in [0.3, 0.4) is 0 Å². The van der Waals surface area contributed by atoms with Gasteiger partial charge in [-0.15, -0.1) is 0 Å². The highest BCUT2D eigenvalue weighted by atomic mass is 35.5. The quantitative estimate of drug-likeness (QED) is 0.736. The second-order valence-electron chi connectivity index (χ2n) is 2.47. The van der Waals surface area contributed by atoms with Gasteiger partial charge in [-0.3, -0.25) is 0 Å². The maximum Gasteiger partial charge on any atom is 0.339 e. The number of carbonyl (C=O) groups excluding carboxylic acids is 1. The van der Waals surface area contributed by atoms with Crippen LogP contribution in [0.1, 0.15) is 15.9 Å². The molecule has 0 aromatic heterocycles. The largest absolute Gasteiger partial charge is 0.465 e. The summed E-state index contributed by atoms with van der Waals surface area (Å²) in [6.07, 6.45) is 0. The minimum absolute atomic E-state index is 0.309. The minimum Gasteiger partial charge on any atom is -0.465 e. The van der Waals surface area contributed by atoms with Gasteiger partial charge in [0.15, 0.2) is 0 Å². The number of ether oxygens (including phenoxy) is 1. The average molecular weight is 200 g/mol. The van der Waals surface area contributed by atoms with Crippen molar-refractivity contribution in [2.45, 2.75) is 6.54 Å². The van der Waals surface area contributed by atoms with Crippen LogP contribution in [0.5, 0.6) is 0 Å². The van der Waals surface area contributed by atoms with Gasteiger partial charge in [0, 0.05) is 6.54 Å². The van der Waals surface area contributed by atoms with E-state index in [-0.39, 0.29) is 0 Å². The van der Waals surface area contributed by atoms with E-state index in [1.165, 1.54) is 7.11 Å². The summed E-state index contributed by atoms with van der Waals surface area (Å²) in [6, 6.07) is 5.10. The van der Waals surface area contributed by atoms with Crippen molar-refractivity contribution in [1.29, 1.82) is 0 Å². The van der Waals surface area contributed by atoms with Crippen molar-refractivity contribution in [3.05, 3.63) is 34.3 Å². The molecule has 0 aliphatic rings. The van der Waals surface area contributed by atoms with Crippen molar-refractivity contribution in [2.24, 2.45) is 5.73 Å². The number of benzene rings is 1. The molecule has 0 aliphatic carbocycles. The molecule has 0 saturated carbocycles. The number of halogens is 1. The number of nitrogens with two attached hydrogens (primary N) is 1. The number of esters is 1. The Morgan fingerprint density at radius 1 is 1.62 bits per heavy atom. The summed E-state index contributed by atoms with van der Waals surface area (Å²) in [5.74, 6) is -0.444. The van der Waals surface area contributed by atoms with Crippen LogP contribution < -0.4 is 5.73 Å². The van der Waals surface area contributed by atoms with Crippen molar-refractivity contribution < 1.29 is 9.53 Å². The third kappa shape index (κ3) is 1.99. The third-order valence-corrected chi connectivity index (χ3v) is 2.15. The maximum absolute atomic E-state index is 11.2. The molecule has 1 aromatic carbocycles. The molecule has 0 fully saturated rings. The lowest BCUT2D eigenvalue weighted by Gasteiger charge is -2.05. The fraction of sp³-hybridized carbons (Fsp3) is 0.222. The van der Waals surface area contributed by atoms with E-state index in [2.05, 4.69) is 4.74 Å². The van der Waals surface area contributed by atoms with E-state index in [4.69, 9.17) is 17.3 Å². The standard InChI is InChI=1S/C9H10ClNO2/c1-13-9(12)7-4-2-3-6(5-11)8(7)10/h2-4H,5,11H2,1H3. The summed E-state index contributed by atoms with van der Waals surface area (Å²) in [7, 11) is 1.31. The minimum atomic E-state index is -0.444. The highest BCUT2D eigenvalue weighted by molar-refractivity contribution is 6.34. The van der Waals surface area contributed by atoms with E-state index >= 15 is 0 Å². The van der Waals surface area contributed by atoms with E-state index in [1.54, 1.807) is 18.2 Å². The zero-order valence-electron chi connectivity index (χ0n) is 7.21. The number of carbonyl (C=O) groups is 1. The highest BCUT2D eigenvalue weighted by Crippen LogP contribution is 2.21. The fourth-order valence-corrected chi connectivity index (χ4v) is 1.29. The van der Waals surface area contributed by atoms with E-state index < -0.39 is 5.97 Å². The van der Waals surface area contributed by atoms with Crippen LogP contribution in [0, 0.1) is 0 Å². The number of hydrogen-bond acceptors (Lipinski definition) is 3. The molecule has 4 heteroatoms. The molecule has 13 heavy (non-hydrogen) atoms. The summed E-state index contributed by atoms with van der Waals surface area (Å²) in [5.41, 5.74) is 6.52. The Labute approximate surface area is 81.4 Å². The Hall–Kier alpha value is -1.06. The first-order valence-corrected chi connectivity index (χ1v) is 4.14. The van der Waals surface area contributed by atoms with Crippen molar-refractivity contribution >= 4 is 17.6 Å². The summed E-state index contributed by atoms with van der Waals surface area (Å²) < 4.78 is 4.55. The molecule has 0 heterocycles. The first-order chi connectivity index (χ1) is 6.20. The Kier molecular flexibility index (Phi) is 3.28. The van der Waals surface area contributed by atoms with Gasteiger partial charge in [0.25, 0.3) is 0 Å². The second kappa shape index (κ2) is 4.25. The van der Waals surface area contributed by atoms with Gasteiger partial charge in [0.2, 0.25) is 0 Å². The van der Waals surface area contributed by atoms with Crippen LogP contribution >= 0.6 is 11.6 Å². The second-order valence-corrected chi connectivity index (χ2v) is 2.85. The molecule has 0 radical (unpaired) electrons. The SMILES string of the molecule is COC(=O)c1cccc(CN)c1Cl. The van der Waals surface area contributed by atoms with E-state index in [0.717, 1.165) is 5.56 Å². The molecule has 0 amide bonds. The van der Waals surface area contributed by atoms with Gasteiger partial charge in [-0.25, -0.2) is 4.79 Å². The molecule has 70 valence electrons. The normalized spacial score (nSPS) is 9.77. The lowest BCUT2D eigenvalue weighted by molar-refractivity contribution is 0.0601. The topological polar surface area (TPSA) is 52.3 Å². The van der Waals surface area contributed by atoms with E-state index in [9.17, 15) is 4.79 Å². The van der Waals surface area contributed by atoms with Gasteiger partial charge in [0.05, 0.1) is 17.7 Å². The Morgan fingerprint density at radius 2 is 2.31 bits per heavy atom. The molecule has 1 rings (SSSR count). The van der Waals surface area contributed by atoms with Crippen LogP contribution in [0.15, 0.2) is 18.2 Å². The van der Waals surface area contributed by atoms with E-state index in [1.807, 2.05) is 0 Å². The van der Waals surface area contributed by atoms with Gasteiger partial charge in [-0.05, 0) is 11.6 Å². The van der Waals surface area contributed by atoms with Crippen molar-refractivity contribution in [2.75, 3.05) is 7.11 Å². The van der Waals surface area contributed by atoms with Crippen molar-refractivity contribution in [1.82, 2.24) is 0 Å². The molecule has 0 aliphatic heterocycles.